The Morgan fingerprint density at radius 1 is 1.56 bits per heavy atom. The van der Waals surface area contributed by atoms with Gasteiger partial charge in [-0.2, -0.15) is 0 Å². The topological polar surface area (TPSA) is 47.6 Å². The van der Waals surface area contributed by atoms with Crippen molar-refractivity contribution in [2.24, 2.45) is 0 Å². The van der Waals surface area contributed by atoms with Crippen molar-refractivity contribution < 1.29 is 14.3 Å². The van der Waals surface area contributed by atoms with Crippen LogP contribution in [0.5, 0.6) is 0 Å². The van der Waals surface area contributed by atoms with Gasteiger partial charge in [0.25, 0.3) is 0 Å². The molecule has 0 aromatic heterocycles. The summed E-state index contributed by atoms with van der Waals surface area (Å²) in [5.74, 6) is -0.156. The lowest BCUT2D eigenvalue weighted by atomic mass is 9.74. The normalized spacial score (nSPS) is 27.4. The molecule has 2 fully saturated rings. The van der Waals surface area contributed by atoms with Crippen LogP contribution in [0.25, 0.3) is 0 Å². The molecule has 0 aromatic rings. The predicted octanol–water partition coefficient (Wildman–Crippen LogP) is 1.24. The summed E-state index contributed by atoms with van der Waals surface area (Å²) in [4.78, 5) is 11.2. The highest BCUT2D eigenvalue weighted by atomic mass is 16.5. The molecule has 1 saturated carbocycles. The lowest BCUT2D eigenvalue weighted by molar-refractivity contribution is -0.145. The van der Waals surface area contributed by atoms with Crippen molar-refractivity contribution in [3.63, 3.8) is 0 Å². The van der Waals surface area contributed by atoms with Gasteiger partial charge in [-0.1, -0.05) is 0 Å². The monoisotopic (exact) mass is 227 g/mol. The molecular formula is C12H21NO3. The molecule has 16 heavy (non-hydrogen) atoms. The Kier molecular flexibility index (Phi) is 3.82. The summed E-state index contributed by atoms with van der Waals surface area (Å²) in [6.07, 6.45) is 5.70. The Morgan fingerprint density at radius 3 is 3.00 bits per heavy atom. The van der Waals surface area contributed by atoms with E-state index < -0.39 is 0 Å². The van der Waals surface area contributed by atoms with Crippen LogP contribution >= 0.6 is 0 Å². The zero-order chi connectivity index (χ0) is 11.4. The molecule has 2 aliphatic rings. The maximum atomic E-state index is 11.2. The third-order valence-corrected chi connectivity index (χ3v) is 3.60. The summed E-state index contributed by atoms with van der Waals surface area (Å²) in [5, 5.41) is 3.28. The Balaban J connectivity index is 1.71. The zero-order valence-electron chi connectivity index (χ0n) is 9.96. The molecule has 92 valence electrons. The largest absolute Gasteiger partial charge is 0.465 e. The van der Waals surface area contributed by atoms with E-state index in [1.807, 2.05) is 6.92 Å². The van der Waals surface area contributed by atoms with Crippen LogP contribution in [0.4, 0.5) is 0 Å². The number of esters is 1. The van der Waals surface area contributed by atoms with Gasteiger partial charge in [0.15, 0.2) is 0 Å². The van der Waals surface area contributed by atoms with Gasteiger partial charge in [-0.15, -0.1) is 0 Å². The first-order valence-corrected chi connectivity index (χ1v) is 6.27. The molecule has 1 atom stereocenters. The van der Waals surface area contributed by atoms with Gasteiger partial charge in [-0.3, -0.25) is 4.79 Å². The highest BCUT2D eigenvalue weighted by molar-refractivity contribution is 5.71. The van der Waals surface area contributed by atoms with Crippen molar-refractivity contribution in [3.8, 4) is 0 Å². The average molecular weight is 227 g/mol. The lowest BCUT2D eigenvalue weighted by Gasteiger charge is -2.47. The summed E-state index contributed by atoms with van der Waals surface area (Å²) in [7, 11) is 0. The Labute approximate surface area is 96.7 Å². The molecule has 1 aliphatic heterocycles. The van der Waals surface area contributed by atoms with Crippen LogP contribution in [0.1, 0.15) is 39.0 Å². The van der Waals surface area contributed by atoms with Crippen molar-refractivity contribution in [3.05, 3.63) is 0 Å². The Morgan fingerprint density at radius 2 is 2.38 bits per heavy atom. The van der Waals surface area contributed by atoms with Gasteiger partial charge in [0.1, 0.15) is 0 Å². The molecule has 1 N–H and O–H groups in total. The van der Waals surface area contributed by atoms with E-state index in [2.05, 4.69) is 5.32 Å². The van der Waals surface area contributed by atoms with Crippen LogP contribution < -0.4 is 5.32 Å². The van der Waals surface area contributed by atoms with Gasteiger partial charge < -0.3 is 14.8 Å². The fourth-order valence-corrected chi connectivity index (χ4v) is 2.56. The zero-order valence-corrected chi connectivity index (χ0v) is 9.96. The third-order valence-electron chi connectivity index (χ3n) is 3.60. The van der Waals surface area contributed by atoms with Crippen LogP contribution in [0.2, 0.25) is 0 Å². The summed E-state index contributed by atoms with van der Waals surface area (Å²) in [6.45, 7) is 3.43. The number of carbonyl (C=O) groups excluding carboxylic acids is 1. The molecule has 1 unspecified atom stereocenters. The molecule has 1 aliphatic carbocycles. The second-order valence-corrected chi connectivity index (χ2v) is 4.76. The summed E-state index contributed by atoms with van der Waals surface area (Å²) in [5.41, 5.74) is 0.143. The molecule has 0 amide bonds. The van der Waals surface area contributed by atoms with Gasteiger partial charge in [0, 0.05) is 12.6 Å². The van der Waals surface area contributed by atoms with Gasteiger partial charge in [0.05, 0.1) is 18.8 Å². The average Bonchev–Trinajstić information content (AvgIpc) is 2.25. The highest BCUT2D eigenvalue weighted by Crippen LogP contribution is 2.42. The van der Waals surface area contributed by atoms with E-state index in [0.29, 0.717) is 19.2 Å². The van der Waals surface area contributed by atoms with Gasteiger partial charge in [0.2, 0.25) is 0 Å². The van der Waals surface area contributed by atoms with E-state index in [0.717, 1.165) is 19.4 Å². The summed E-state index contributed by atoms with van der Waals surface area (Å²) >= 11 is 0. The molecule has 4 heteroatoms. The van der Waals surface area contributed by atoms with E-state index >= 15 is 0 Å². The quantitative estimate of drug-likeness (QED) is 0.734. The second-order valence-electron chi connectivity index (χ2n) is 4.76. The lowest BCUT2D eigenvalue weighted by Crippen LogP contribution is -2.51. The van der Waals surface area contributed by atoms with Crippen molar-refractivity contribution >= 4 is 5.97 Å². The molecule has 0 aromatic carbocycles. The van der Waals surface area contributed by atoms with Crippen molar-refractivity contribution in [1.82, 2.24) is 5.32 Å². The first-order valence-electron chi connectivity index (χ1n) is 6.27. The number of hydrogen-bond acceptors (Lipinski definition) is 4. The summed E-state index contributed by atoms with van der Waals surface area (Å²) < 4.78 is 10.7. The maximum absolute atomic E-state index is 11.2. The number of nitrogens with one attached hydrogen (secondary N) is 1. The van der Waals surface area contributed by atoms with E-state index in [1.165, 1.54) is 19.3 Å². The van der Waals surface area contributed by atoms with Crippen LogP contribution in [-0.4, -0.2) is 37.4 Å². The Bertz CT molecular complexity index is 251. The Hall–Kier alpha value is -0.610. The van der Waals surface area contributed by atoms with Crippen molar-refractivity contribution in [1.29, 1.82) is 0 Å². The number of carbonyl (C=O) groups is 1. The van der Waals surface area contributed by atoms with Gasteiger partial charge >= 0.3 is 5.97 Å². The highest BCUT2D eigenvalue weighted by Gasteiger charge is 2.42. The maximum Gasteiger partial charge on any atom is 0.319 e. The van der Waals surface area contributed by atoms with Crippen LogP contribution in [-0.2, 0) is 14.3 Å². The summed E-state index contributed by atoms with van der Waals surface area (Å²) in [6, 6.07) is 0.415. The van der Waals surface area contributed by atoms with Crippen LogP contribution in [0, 0.1) is 0 Å². The second kappa shape index (κ2) is 5.15. The molecule has 1 heterocycles. The van der Waals surface area contributed by atoms with E-state index in [9.17, 15) is 4.79 Å². The van der Waals surface area contributed by atoms with E-state index in [4.69, 9.17) is 9.47 Å². The first-order chi connectivity index (χ1) is 7.74. The molecule has 0 bridgehead atoms. The van der Waals surface area contributed by atoms with Gasteiger partial charge in [-0.05, 0) is 39.0 Å². The van der Waals surface area contributed by atoms with Crippen LogP contribution in [0.3, 0.4) is 0 Å². The van der Waals surface area contributed by atoms with E-state index in [1.54, 1.807) is 0 Å². The molecular weight excluding hydrogens is 206 g/mol. The fraction of sp³-hybridized carbons (Fsp3) is 0.917. The number of hydrogen-bond donors (Lipinski definition) is 1. The minimum Gasteiger partial charge on any atom is -0.465 e. The molecule has 1 spiro atoms. The van der Waals surface area contributed by atoms with Crippen LogP contribution in [0.15, 0.2) is 0 Å². The minimum absolute atomic E-state index is 0.143. The molecule has 2 rings (SSSR count). The first kappa shape index (κ1) is 11.9. The SMILES string of the molecule is CCOC(=O)CNC1CCOC2(CCC2)C1. The number of ether oxygens (including phenoxy) is 2. The number of rotatable bonds is 4. The minimum atomic E-state index is -0.156. The standard InChI is InChI=1S/C12H21NO3/c1-2-15-11(14)9-13-10-4-7-16-12(8-10)5-3-6-12/h10,13H,2-9H2,1H3. The fourth-order valence-electron chi connectivity index (χ4n) is 2.56. The van der Waals surface area contributed by atoms with E-state index in [-0.39, 0.29) is 11.6 Å². The molecule has 4 nitrogen and oxygen atoms in total. The molecule has 1 saturated heterocycles. The van der Waals surface area contributed by atoms with Gasteiger partial charge in [-0.25, -0.2) is 0 Å². The molecule has 0 radical (unpaired) electrons. The third kappa shape index (κ3) is 2.74. The van der Waals surface area contributed by atoms with Crippen molar-refractivity contribution in [2.45, 2.75) is 50.7 Å². The smallest absolute Gasteiger partial charge is 0.319 e. The van der Waals surface area contributed by atoms with Crippen molar-refractivity contribution in [2.75, 3.05) is 19.8 Å². The predicted molar refractivity (Wildman–Crippen MR) is 60.2 cm³/mol.